The third-order valence-electron chi connectivity index (χ3n) is 2.59. The Hall–Kier alpha value is -0.570. The molecule has 0 aliphatic carbocycles. The molecule has 1 amide bonds. The average Bonchev–Trinajstić information content (AvgIpc) is 2.18. The lowest BCUT2D eigenvalue weighted by molar-refractivity contribution is -0.125. The minimum atomic E-state index is 0.0589. The van der Waals surface area contributed by atoms with E-state index in [4.69, 9.17) is 0 Å². The molecule has 3 nitrogen and oxygen atoms in total. The Bertz CT molecular complexity index is 171. The molecule has 0 radical (unpaired) electrons. The molecule has 0 saturated carbocycles. The Morgan fingerprint density at radius 1 is 1.27 bits per heavy atom. The summed E-state index contributed by atoms with van der Waals surface area (Å²) in [6.45, 7) is 6.97. The Balaban J connectivity index is 3.65. The summed E-state index contributed by atoms with van der Waals surface area (Å²) in [5.74, 6) is 0.219. The highest BCUT2D eigenvalue weighted by molar-refractivity contribution is 5.78. The van der Waals surface area contributed by atoms with Crippen molar-refractivity contribution in [3.63, 3.8) is 0 Å². The van der Waals surface area contributed by atoms with Crippen LogP contribution in [0.3, 0.4) is 0 Å². The minimum Gasteiger partial charge on any atom is -0.353 e. The number of hydrogen-bond acceptors (Lipinski definition) is 2. The highest BCUT2D eigenvalue weighted by Crippen LogP contribution is 2.03. The van der Waals surface area contributed by atoms with E-state index in [-0.39, 0.29) is 11.8 Å². The summed E-state index contributed by atoms with van der Waals surface area (Å²) < 4.78 is 0. The second-order valence-corrected chi connectivity index (χ2v) is 4.36. The molecule has 0 aromatic rings. The molecule has 0 aromatic carbocycles. The zero-order chi connectivity index (χ0) is 11.7. The lowest BCUT2D eigenvalue weighted by atomic mass is 10.1. The summed E-state index contributed by atoms with van der Waals surface area (Å²) in [6, 6.07) is 0.309. The fourth-order valence-corrected chi connectivity index (χ4v) is 1.56. The number of carbonyl (C=O) groups is 1. The van der Waals surface area contributed by atoms with Crippen molar-refractivity contribution < 1.29 is 4.79 Å². The smallest absolute Gasteiger partial charge is 0.224 e. The third-order valence-corrected chi connectivity index (χ3v) is 2.59. The Morgan fingerprint density at radius 2 is 1.93 bits per heavy atom. The summed E-state index contributed by atoms with van der Waals surface area (Å²) >= 11 is 0. The predicted molar refractivity (Wildman–Crippen MR) is 64.8 cm³/mol. The van der Waals surface area contributed by atoms with Crippen LogP contribution in [0.15, 0.2) is 0 Å². The monoisotopic (exact) mass is 214 g/mol. The van der Waals surface area contributed by atoms with Gasteiger partial charge in [0.2, 0.25) is 5.91 Å². The molecule has 3 heteroatoms. The molecule has 15 heavy (non-hydrogen) atoms. The van der Waals surface area contributed by atoms with Gasteiger partial charge in [0, 0.05) is 18.5 Å². The molecule has 0 bridgehead atoms. The van der Waals surface area contributed by atoms with Crippen LogP contribution in [0.2, 0.25) is 0 Å². The number of nitrogens with one attached hydrogen (secondary N) is 2. The molecular weight excluding hydrogens is 188 g/mol. The van der Waals surface area contributed by atoms with Gasteiger partial charge < -0.3 is 10.6 Å². The van der Waals surface area contributed by atoms with E-state index in [1.165, 1.54) is 19.3 Å². The molecule has 0 heterocycles. The van der Waals surface area contributed by atoms with Gasteiger partial charge in [0.05, 0.1) is 0 Å². The molecule has 0 aliphatic rings. The van der Waals surface area contributed by atoms with Crippen molar-refractivity contribution in [2.45, 2.75) is 52.5 Å². The van der Waals surface area contributed by atoms with Gasteiger partial charge in [-0.1, -0.05) is 33.1 Å². The van der Waals surface area contributed by atoms with Gasteiger partial charge >= 0.3 is 0 Å². The van der Waals surface area contributed by atoms with Gasteiger partial charge in [0.1, 0.15) is 0 Å². The summed E-state index contributed by atoms with van der Waals surface area (Å²) in [6.07, 6.45) is 4.79. The standard InChI is InChI=1S/C12H26N2O/c1-5-6-7-8-11(3)14-12(15)10(2)9-13-4/h10-11,13H,5-9H2,1-4H3,(H,14,15). The Labute approximate surface area is 94.0 Å². The minimum absolute atomic E-state index is 0.0589. The van der Waals surface area contributed by atoms with Crippen LogP contribution in [0.1, 0.15) is 46.5 Å². The van der Waals surface area contributed by atoms with Gasteiger partial charge in [-0.25, -0.2) is 0 Å². The van der Waals surface area contributed by atoms with Crippen LogP contribution < -0.4 is 10.6 Å². The molecule has 0 aliphatic heterocycles. The maximum Gasteiger partial charge on any atom is 0.224 e. The highest BCUT2D eigenvalue weighted by atomic mass is 16.1. The van der Waals surface area contributed by atoms with Crippen molar-refractivity contribution in [3.8, 4) is 0 Å². The number of unbranched alkanes of at least 4 members (excludes halogenated alkanes) is 2. The number of amides is 1. The molecule has 0 fully saturated rings. The van der Waals surface area contributed by atoms with E-state index in [1.807, 2.05) is 14.0 Å². The van der Waals surface area contributed by atoms with Gasteiger partial charge in [0.25, 0.3) is 0 Å². The largest absolute Gasteiger partial charge is 0.353 e. The molecule has 0 rings (SSSR count). The first-order chi connectivity index (χ1) is 7.11. The van der Waals surface area contributed by atoms with E-state index < -0.39 is 0 Å². The van der Waals surface area contributed by atoms with Gasteiger partial charge in [-0.05, 0) is 20.4 Å². The molecule has 0 aromatic heterocycles. The Kier molecular flexibility index (Phi) is 8.38. The average molecular weight is 214 g/mol. The lowest BCUT2D eigenvalue weighted by Gasteiger charge is -2.17. The quantitative estimate of drug-likeness (QED) is 0.606. The number of hydrogen-bond donors (Lipinski definition) is 2. The SMILES string of the molecule is CCCCCC(C)NC(=O)C(C)CNC. The molecule has 90 valence electrons. The van der Waals surface area contributed by atoms with Gasteiger partial charge in [0.15, 0.2) is 0 Å². The van der Waals surface area contributed by atoms with Crippen LogP contribution >= 0.6 is 0 Å². The van der Waals surface area contributed by atoms with E-state index in [9.17, 15) is 4.79 Å². The topological polar surface area (TPSA) is 41.1 Å². The van der Waals surface area contributed by atoms with E-state index in [0.717, 1.165) is 13.0 Å². The normalized spacial score (nSPS) is 14.7. The van der Waals surface area contributed by atoms with Crippen molar-refractivity contribution in [3.05, 3.63) is 0 Å². The highest BCUT2D eigenvalue weighted by Gasteiger charge is 2.13. The van der Waals surface area contributed by atoms with Gasteiger partial charge in [-0.15, -0.1) is 0 Å². The zero-order valence-corrected chi connectivity index (χ0v) is 10.6. The van der Waals surface area contributed by atoms with Crippen LogP contribution in [0, 0.1) is 5.92 Å². The fourth-order valence-electron chi connectivity index (χ4n) is 1.56. The molecular formula is C12H26N2O. The van der Waals surface area contributed by atoms with E-state index >= 15 is 0 Å². The van der Waals surface area contributed by atoms with Gasteiger partial charge in [-0.2, -0.15) is 0 Å². The van der Waals surface area contributed by atoms with E-state index in [0.29, 0.717) is 6.04 Å². The second kappa shape index (κ2) is 8.72. The molecule has 2 N–H and O–H groups in total. The summed E-state index contributed by atoms with van der Waals surface area (Å²) in [5, 5.41) is 6.06. The first-order valence-corrected chi connectivity index (χ1v) is 6.06. The third kappa shape index (κ3) is 7.37. The lowest BCUT2D eigenvalue weighted by Crippen LogP contribution is -2.39. The van der Waals surface area contributed by atoms with Crippen molar-refractivity contribution in [2.75, 3.05) is 13.6 Å². The summed E-state index contributed by atoms with van der Waals surface area (Å²) in [5.41, 5.74) is 0. The van der Waals surface area contributed by atoms with Crippen LogP contribution in [-0.4, -0.2) is 25.5 Å². The van der Waals surface area contributed by atoms with Crippen LogP contribution in [0.4, 0.5) is 0 Å². The predicted octanol–water partition coefficient (Wildman–Crippen LogP) is 1.93. The van der Waals surface area contributed by atoms with Crippen LogP contribution in [0.25, 0.3) is 0 Å². The van der Waals surface area contributed by atoms with E-state index in [1.54, 1.807) is 0 Å². The summed E-state index contributed by atoms with van der Waals surface area (Å²) in [7, 11) is 1.87. The van der Waals surface area contributed by atoms with Crippen molar-refractivity contribution in [1.29, 1.82) is 0 Å². The fraction of sp³-hybridized carbons (Fsp3) is 0.917. The van der Waals surface area contributed by atoms with Crippen LogP contribution in [0.5, 0.6) is 0 Å². The first-order valence-electron chi connectivity index (χ1n) is 6.06. The van der Waals surface area contributed by atoms with Crippen LogP contribution in [-0.2, 0) is 4.79 Å². The maximum absolute atomic E-state index is 11.6. The van der Waals surface area contributed by atoms with Gasteiger partial charge in [-0.3, -0.25) is 4.79 Å². The van der Waals surface area contributed by atoms with Crippen molar-refractivity contribution in [2.24, 2.45) is 5.92 Å². The second-order valence-electron chi connectivity index (χ2n) is 4.36. The molecule has 2 atom stereocenters. The molecule has 0 spiro atoms. The maximum atomic E-state index is 11.6. The van der Waals surface area contributed by atoms with E-state index in [2.05, 4.69) is 24.5 Å². The Morgan fingerprint density at radius 3 is 2.47 bits per heavy atom. The number of rotatable bonds is 8. The molecule has 0 saturated heterocycles. The van der Waals surface area contributed by atoms with Crippen molar-refractivity contribution >= 4 is 5.91 Å². The number of carbonyl (C=O) groups excluding carboxylic acids is 1. The molecule has 2 unspecified atom stereocenters. The first kappa shape index (κ1) is 14.4. The van der Waals surface area contributed by atoms with Crippen molar-refractivity contribution in [1.82, 2.24) is 10.6 Å². The summed E-state index contributed by atoms with van der Waals surface area (Å²) in [4.78, 5) is 11.6. The zero-order valence-electron chi connectivity index (χ0n) is 10.6.